The quantitative estimate of drug-likeness (QED) is 0.176. The molecule has 0 bridgehead atoms. The first-order valence-corrected chi connectivity index (χ1v) is 14.1. The molecule has 0 atom stereocenters. The maximum atomic E-state index is 6.30. The van der Waals surface area contributed by atoms with Gasteiger partial charge in [-0.15, -0.1) is 0 Å². The lowest BCUT2D eigenvalue weighted by Crippen LogP contribution is -1.95. The average molecular weight is 533 g/mol. The van der Waals surface area contributed by atoms with Crippen molar-refractivity contribution in [3.8, 4) is 34.0 Å². The smallest absolute Gasteiger partial charge is 0.127 e. The molecule has 200 valence electrons. The predicted molar refractivity (Wildman–Crippen MR) is 167 cm³/mol. The van der Waals surface area contributed by atoms with Gasteiger partial charge in [-0.3, -0.25) is 9.97 Å². The molecule has 4 aromatic carbocycles. The van der Waals surface area contributed by atoms with E-state index in [0.29, 0.717) is 0 Å². The average Bonchev–Trinajstić information content (AvgIpc) is 3.04. The zero-order valence-electron chi connectivity index (χ0n) is 23.0. The summed E-state index contributed by atoms with van der Waals surface area (Å²) in [6.45, 7) is 0. The number of aromatic nitrogens is 2. The Bertz CT molecular complexity index is 1590. The van der Waals surface area contributed by atoms with Crippen molar-refractivity contribution in [3.63, 3.8) is 0 Å². The van der Waals surface area contributed by atoms with E-state index in [-0.39, 0.29) is 0 Å². The lowest BCUT2D eigenvalue weighted by molar-refractivity contribution is 0.481. The molecular formula is C38H32N2O. The molecule has 3 nitrogen and oxygen atoms in total. The lowest BCUT2D eigenvalue weighted by Gasteiger charge is -2.10. The van der Waals surface area contributed by atoms with E-state index in [1.807, 2.05) is 54.9 Å². The topological polar surface area (TPSA) is 35.0 Å². The second-order valence-electron chi connectivity index (χ2n) is 10.2. The first-order valence-electron chi connectivity index (χ1n) is 14.1. The summed E-state index contributed by atoms with van der Waals surface area (Å²) in [4.78, 5) is 9.05. The molecule has 41 heavy (non-hydrogen) atoms. The van der Waals surface area contributed by atoms with Crippen molar-refractivity contribution in [2.75, 3.05) is 0 Å². The summed E-state index contributed by atoms with van der Waals surface area (Å²) < 4.78 is 6.30. The number of nitrogens with zero attached hydrogens (tertiary/aromatic N) is 2. The summed E-state index contributed by atoms with van der Waals surface area (Å²) in [6.07, 6.45) is 7.53. The van der Waals surface area contributed by atoms with Crippen LogP contribution >= 0.6 is 0 Å². The number of hydrogen-bond acceptors (Lipinski definition) is 3. The molecule has 3 heteroatoms. The fraction of sp³-hybridized carbons (Fsp3) is 0.105. The van der Waals surface area contributed by atoms with E-state index in [4.69, 9.17) is 4.74 Å². The second-order valence-corrected chi connectivity index (χ2v) is 10.2. The Morgan fingerprint density at radius 2 is 0.951 bits per heavy atom. The van der Waals surface area contributed by atoms with Crippen molar-refractivity contribution in [2.24, 2.45) is 0 Å². The molecule has 0 fully saturated rings. The number of hydrogen-bond donors (Lipinski definition) is 0. The van der Waals surface area contributed by atoms with Crippen LogP contribution in [0.4, 0.5) is 0 Å². The fourth-order valence-corrected chi connectivity index (χ4v) is 5.06. The molecule has 0 aliphatic carbocycles. The number of rotatable bonds is 10. The van der Waals surface area contributed by atoms with Gasteiger partial charge in [0.05, 0.1) is 11.4 Å². The summed E-state index contributed by atoms with van der Waals surface area (Å²) in [5.41, 5.74) is 9.41. The number of pyridine rings is 2. The standard InChI is InChI=1S/C38H32N2O/c1-2-12-33(13-3-1)38-28-32(22-24-40-38)21-20-31-11-8-16-36(27-31)41-35-15-7-10-30(26-35)19-18-29-9-6-14-34(25-29)37-17-4-5-23-39-37/h1-17,22-28H,18-21H2. The maximum absolute atomic E-state index is 6.30. The van der Waals surface area contributed by atoms with Gasteiger partial charge in [0, 0.05) is 23.5 Å². The zero-order valence-corrected chi connectivity index (χ0v) is 23.0. The largest absolute Gasteiger partial charge is 0.457 e. The van der Waals surface area contributed by atoms with Gasteiger partial charge in [0.15, 0.2) is 0 Å². The third-order valence-electron chi connectivity index (χ3n) is 7.22. The van der Waals surface area contributed by atoms with Crippen LogP contribution in [0.3, 0.4) is 0 Å². The van der Waals surface area contributed by atoms with Gasteiger partial charge >= 0.3 is 0 Å². The summed E-state index contributed by atoms with van der Waals surface area (Å²) in [6, 6.07) is 46.2. The van der Waals surface area contributed by atoms with Gasteiger partial charge in [0.25, 0.3) is 0 Å². The van der Waals surface area contributed by atoms with Crippen LogP contribution in [0, 0.1) is 0 Å². The minimum atomic E-state index is 0.863. The first-order chi connectivity index (χ1) is 20.3. The van der Waals surface area contributed by atoms with Gasteiger partial charge in [-0.2, -0.15) is 0 Å². The van der Waals surface area contributed by atoms with Crippen molar-refractivity contribution in [2.45, 2.75) is 25.7 Å². The molecule has 0 aliphatic heterocycles. The minimum Gasteiger partial charge on any atom is -0.457 e. The van der Waals surface area contributed by atoms with E-state index in [0.717, 1.165) is 59.7 Å². The third-order valence-corrected chi connectivity index (χ3v) is 7.22. The van der Waals surface area contributed by atoms with Gasteiger partial charge in [-0.1, -0.05) is 78.9 Å². The summed E-state index contributed by atoms with van der Waals surface area (Å²) in [5, 5.41) is 0. The van der Waals surface area contributed by atoms with E-state index in [1.54, 1.807) is 0 Å². The van der Waals surface area contributed by atoms with Crippen molar-refractivity contribution < 1.29 is 4.74 Å². The van der Waals surface area contributed by atoms with Crippen LogP contribution in [0.5, 0.6) is 11.5 Å². The normalized spacial score (nSPS) is 10.8. The highest BCUT2D eigenvalue weighted by Gasteiger charge is 2.05. The predicted octanol–water partition coefficient (Wildman–Crippen LogP) is 9.17. The van der Waals surface area contributed by atoms with E-state index < -0.39 is 0 Å². The zero-order chi connectivity index (χ0) is 27.7. The van der Waals surface area contributed by atoms with Crippen molar-refractivity contribution in [1.29, 1.82) is 0 Å². The summed E-state index contributed by atoms with van der Waals surface area (Å²) >= 11 is 0. The van der Waals surface area contributed by atoms with Crippen molar-refractivity contribution >= 4 is 0 Å². The van der Waals surface area contributed by atoms with Crippen LogP contribution in [0.15, 0.2) is 146 Å². The summed E-state index contributed by atoms with van der Waals surface area (Å²) in [5.74, 6) is 1.73. The molecule has 6 aromatic rings. The Morgan fingerprint density at radius 1 is 0.390 bits per heavy atom. The van der Waals surface area contributed by atoms with E-state index in [9.17, 15) is 0 Å². The monoisotopic (exact) mass is 532 g/mol. The van der Waals surface area contributed by atoms with Crippen LogP contribution < -0.4 is 4.74 Å². The van der Waals surface area contributed by atoms with Gasteiger partial charge in [0.2, 0.25) is 0 Å². The van der Waals surface area contributed by atoms with Gasteiger partial charge in [-0.05, 0) is 103 Å². The van der Waals surface area contributed by atoms with Crippen molar-refractivity contribution in [3.05, 3.63) is 168 Å². The molecule has 0 unspecified atom stereocenters. The van der Waals surface area contributed by atoms with Gasteiger partial charge in [0.1, 0.15) is 11.5 Å². The fourth-order valence-electron chi connectivity index (χ4n) is 5.06. The number of ether oxygens (including phenoxy) is 1. The second kappa shape index (κ2) is 12.9. The Balaban J connectivity index is 1.07. The Kier molecular flexibility index (Phi) is 8.24. The lowest BCUT2D eigenvalue weighted by atomic mass is 10.0. The highest BCUT2D eigenvalue weighted by atomic mass is 16.5. The molecule has 2 aromatic heterocycles. The van der Waals surface area contributed by atoms with Gasteiger partial charge in [-0.25, -0.2) is 0 Å². The molecule has 0 saturated carbocycles. The van der Waals surface area contributed by atoms with E-state index in [2.05, 4.69) is 101 Å². The molecular weight excluding hydrogens is 500 g/mol. The van der Waals surface area contributed by atoms with Crippen LogP contribution in [0.25, 0.3) is 22.5 Å². The Labute approximate surface area is 242 Å². The van der Waals surface area contributed by atoms with Crippen LogP contribution in [0.2, 0.25) is 0 Å². The minimum absolute atomic E-state index is 0.863. The summed E-state index contributed by atoms with van der Waals surface area (Å²) in [7, 11) is 0. The molecule has 2 heterocycles. The van der Waals surface area contributed by atoms with Crippen LogP contribution in [-0.2, 0) is 25.7 Å². The van der Waals surface area contributed by atoms with Gasteiger partial charge < -0.3 is 4.74 Å². The first kappa shape index (κ1) is 26.2. The molecule has 0 spiro atoms. The van der Waals surface area contributed by atoms with Crippen LogP contribution in [-0.4, -0.2) is 9.97 Å². The SMILES string of the molecule is c1ccc(-c2cc(CCc3cccc(Oc4cccc(CCc5cccc(-c6ccccn6)c5)c4)c3)ccn2)cc1. The molecule has 6 rings (SSSR count). The van der Waals surface area contributed by atoms with E-state index >= 15 is 0 Å². The van der Waals surface area contributed by atoms with Crippen molar-refractivity contribution in [1.82, 2.24) is 9.97 Å². The number of benzene rings is 4. The molecule has 0 radical (unpaired) electrons. The molecule has 0 aliphatic rings. The highest BCUT2D eigenvalue weighted by molar-refractivity contribution is 5.60. The maximum Gasteiger partial charge on any atom is 0.127 e. The highest BCUT2D eigenvalue weighted by Crippen LogP contribution is 2.25. The van der Waals surface area contributed by atoms with Crippen LogP contribution in [0.1, 0.15) is 22.3 Å². The Morgan fingerprint density at radius 3 is 1.61 bits per heavy atom. The molecule has 0 N–H and O–H groups in total. The molecule has 0 saturated heterocycles. The third kappa shape index (κ3) is 7.14. The number of aryl methyl sites for hydroxylation is 4. The molecule has 0 amide bonds. The Hall–Kier alpha value is -5.02. The van der Waals surface area contributed by atoms with E-state index in [1.165, 1.54) is 22.3 Å².